The normalized spacial score (nSPS) is 13.8. The largest absolute Gasteiger partial charge is 0.508 e. The van der Waals surface area contributed by atoms with Gasteiger partial charge in [0.25, 0.3) is 0 Å². The minimum Gasteiger partial charge on any atom is -0.508 e. The summed E-state index contributed by atoms with van der Waals surface area (Å²) in [5, 5.41) is 24.7. The lowest BCUT2D eigenvalue weighted by Crippen LogP contribution is -2.52. The van der Waals surface area contributed by atoms with Gasteiger partial charge >= 0.3 is 6.09 Å². The molecule has 1 aromatic rings. The van der Waals surface area contributed by atoms with Gasteiger partial charge < -0.3 is 25.4 Å². The average molecular weight is 461 g/mol. The number of ether oxygens (including phenoxy) is 1. The van der Waals surface area contributed by atoms with Crippen molar-refractivity contribution in [3.8, 4) is 11.8 Å². The monoisotopic (exact) mass is 460 g/mol. The SMILES string of the molecule is CCCC(C)NC(=O)C(c1ccc(O)c(C)c1)N(CC#N)C(=O)C(C)NC(=O)OC(C)(C)C. The number of carbonyl (C=O) groups is 3. The molecule has 3 N–H and O–H groups in total. The topological polar surface area (TPSA) is 132 Å². The predicted octanol–water partition coefficient (Wildman–Crippen LogP) is 3.31. The Morgan fingerprint density at radius 2 is 1.85 bits per heavy atom. The van der Waals surface area contributed by atoms with Crippen molar-refractivity contribution in [2.75, 3.05) is 6.54 Å². The first kappa shape index (κ1) is 27.8. The molecule has 0 aliphatic rings. The molecule has 9 nitrogen and oxygen atoms in total. The highest BCUT2D eigenvalue weighted by Crippen LogP contribution is 2.27. The van der Waals surface area contributed by atoms with Crippen LogP contribution in [0.25, 0.3) is 0 Å². The maximum absolute atomic E-state index is 13.3. The van der Waals surface area contributed by atoms with Gasteiger partial charge in [-0.3, -0.25) is 9.59 Å². The molecule has 1 rings (SSSR count). The molecule has 33 heavy (non-hydrogen) atoms. The summed E-state index contributed by atoms with van der Waals surface area (Å²) in [4.78, 5) is 39.9. The molecular formula is C24H36N4O5. The first-order chi connectivity index (χ1) is 15.3. The summed E-state index contributed by atoms with van der Waals surface area (Å²) >= 11 is 0. The third-order valence-corrected chi connectivity index (χ3v) is 4.83. The second-order valence-corrected chi connectivity index (χ2v) is 9.14. The Balaban J connectivity index is 3.32. The maximum Gasteiger partial charge on any atom is 0.408 e. The molecule has 182 valence electrons. The van der Waals surface area contributed by atoms with Crippen molar-refractivity contribution in [1.29, 1.82) is 5.26 Å². The van der Waals surface area contributed by atoms with Gasteiger partial charge in [0.1, 0.15) is 30.0 Å². The molecule has 3 amide bonds. The molecule has 9 heteroatoms. The van der Waals surface area contributed by atoms with E-state index in [0.717, 1.165) is 17.7 Å². The van der Waals surface area contributed by atoms with Gasteiger partial charge in [-0.25, -0.2) is 4.79 Å². The van der Waals surface area contributed by atoms with E-state index >= 15 is 0 Å². The minimum atomic E-state index is -1.13. The summed E-state index contributed by atoms with van der Waals surface area (Å²) < 4.78 is 5.21. The van der Waals surface area contributed by atoms with Crippen LogP contribution >= 0.6 is 0 Å². The van der Waals surface area contributed by atoms with E-state index in [0.29, 0.717) is 11.1 Å². The number of amides is 3. The van der Waals surface area contributed by atoms with E-state index in [9.17, 15) is 24.8 Å². The number of aryl methyl sites for hydroxylation is 1. The van der Waals surface area contributed by atoms with Crippen LogP contribution in [0.5, 0.6) is 5.75 Å². The third kappa shape index (κ3) is 8.64. The van der Waals surface area contributed by atoms with Gasteiger partial charge in [-0.2, -0.15) is 5.26 Å². The van der Waals surface area contributed by atoms with Gasteiger partial charge in [-0.15, -0.1) is 0 Å². The number of carbonyl (C=O) groups excluding carboxylic acids is 3. The van der Waals surface area contributed by atoms with Gasteiger partial charge in [-0.05, 0) is 71.2 Å². The van der Waals surface area contributed by atoms with Gasteiger partial charge in [-0.1, -0.05) is 19.4 Å². The Hall–Kier alpha value is -3.28. The minimum absolute atomic E-state index is 0.0513. The molecule has 0 saturated heterocycles. The zero-order valence-electron chi connectivity index (χ0n) is 20.6. The summed E-state index contributed by atoms with van der Waals surface area (Å²) in [7, 11) is 0. The van der Waals surface area contributed by atoms with Gasteiger partial charge in [0.2, 0.25) is 11.8 Å². The number of hydrogen-bond donors (Lipinski definition) is 3. The van der Waals surface area contributed by atoms with E-state index in [1.54, 1.807) is 39.8 Å². The number of alkyl carbamates (subject to hydrolysis) is 1. The summed E-state index contributed by atoms with van der Waals surface area (Å²) in [5.41, 5.74) is 0.219. The summed E-state index contributed by atoms with van der Waals surface area (Å²) in [6, 6.07) is 4.21. The zero-order valence-corrected chi connectivity index (χ0v) is 20.6. The molecule has 0 fully saturated rings. The molecule has 0 aliphatic carbocycles. The van der Waals surface area contributed by atoms with Crippen LogP contribution in [0.2, 0.25) is 0 Å². The van der Waals surface area contributed by atoms with E-state index < -0.39 is 35.6 Å². The first-order valence-corrected chi connectivity index (χ1v) is 11.1. The van der Waals surface area contributed by atoms with Crippen molar-refractivity contribution in [2.45, 2.75) is 85.0 Å². The standard InChI is InChI=1S/C24H36N4O5/c1-8-9-16(3)26-21(30)20(18-10-11-19(29)15(2)14-18)28(13-12-25)22(31)17(4)27-23(32)33-24(5,6)7/h10-11,14,16-17,20,29H,8-9,13H2,1-7H3,(H,26,30)(H,27,32). The van der Waals surface area contributed by atoms with Crippen LogP contribution in [-0.4, -0.2) is 52.1 Å². The van der Waals surface area contributed by atoms with Crippen molar-refractivity contribution in [2.24, 2.45) is 0 Å². The van der Waals surface area contributed by atoms with Crippen LogP contribution in [0.1, 0.15) is 71.6 Å². The number of hydrogen-bond acceptors (Lipinski definition) is 6. The average Bonchev–Trinajstić information content (AvgIpc) is 2.68. The molecule has 0 bridgehead atoms. The molecule has 0 radical (unpaired) electrons. The summed E-state index contributed by atoms with van der Waals surface area (Å²) in [6.07, 6.45) is 0.830. The van der Waals surface area contributed by atoms with Gasteiger partial charge in [0.05, 0.1) is 6.07 Å². The smallest absolute Gasteiger partial charge is 0.408 e. The molecule has 0 heterocycles. The van der Waals surface area contributed by atoms with Crippen molar-refractivity contribution in [3.63, 3.8) is 0 Å². The fraction of sp³-hybridized carbons (Fsp3) is 0.583. The van der Waals surface area contributed by atoms with Crippen LogP contribution in [0.3, 0.4) is 0 Å². The van der Waals surface area contributed by atoms with Crippen LogP contribution in [0, 0.1) is 18.3 Å². The van der Waals surface area contributed by atoms with Crippen LogP contribution < -0.4 is 10.6 Å². The van der Waals surface area contributed by atoms with Gasteiger partial charge in [0, 0.05) is 6.04 Å². The van der Waals surface area contributed by atoms with E-state index in [2.05, 4.69) is 10.6 Å². The van der Waals surface area contributed by atoms with E-state index in [-0.39, 0.29) is 18.3 Å². The number of rotatable bonds is 9. The highest BCUT2D eigenvalue weighted by atomic mass is 16.6. The number of phenols is 1. The first-order valence-electron chi connectivity index (χ1n) is 11.1. The highest BCUT2D eigenvalue weighted by Gasteiger charge is 2.35. The van der Waals surface area contributed by atoms with Crippen LogP contribution in [0.4, 0.5) is 4.79 Å². The Morgan fingerprint density at radius 1 is 1.21 bits per heavy atom. The van der Waals surface area contributed by atoms with E-state index in [1.807, 2.05) is 19.9 Å². The lowest BCUT2D eigenvalue weighted by Gasteiger charge is -2.32. The van der Waals surface area contributed by atoms with Gasteiger partial charge in [0.15, 0.2) is 0 Å². The second kappa shape index (κ2) is 12.1. The highest BCUT2D eigenvalue weighted by molar-refractivity contribution is 5.92. The molecule has 0 spiro atoms. The molecule has 0 aliphatic heterocycles. The van der Waals surface area contributed by atoms with Crippen LogP contribution in [0.15, 0.2) is 18.2 Å². The zero-order chi connectivity index (χ0) is 25.3. The maximum atomic E-state index is 13.3. The lowest BCUT2D eigenvalue weighted by molar-refractivity contribution is -0.141. The molecular weight excluding hydrogens is 424 g/mol. The molecule has 3 atom stereocenters. The van der Waals surface area contributed by atoms with E-state index in [4.69, 9.17) is 4.74 Å². The second-order valence-electron chi connectivity index (χ2n) is 9.14. The third-order valence-electron chi connectivity index (χ3n) is 4.83. The Bertz CT molecular complexity index is 888. The number of aromatic hydroxyl groups is 1. The molecule has 1 aromatic carbocycles. The lowest BCUT2D eigenvalue weighted by atomic mass is 10.00. The number of nitrogens with zero attached hydrogens (tertiary/aromatic N) is 2. The molecule has 0 saturated carbocycles. The van der Waals surface area contributed by atoms with Crippen molar-refractivity contribution in [3.05, 3.63) is 29.3 Å². The summed E-state index contributed by atoms with van der Waals surface area (Å²) in [6.45, 7) is 11.7. The fourth-order valence-electron chi connectivity index (χ4n) is 3.32. The Morgan fingerprint density at radius 3 is 2.36 bits per heavy atom. The molecule has 0 aromatic heterocycles. The molecule has 3 unspecified atom stereocenters. The van der Waals surface area contributed by atoms with Crippen LogP contribution in [-0.2, 0) is 14.3 Å². The Labute approximate surface area is 196 Å². The summed E-state index contributed by atoms with van der Waals surface area (Å²) in [5.74, 6) is -1.01. The van der Waals surface area contributed by atoms with E-state index in [1.165, 1.54) is 13.0 Å². The number of benzene rings is 1. The van der Waals surface area contributed by atoms with Crippen molar-refractivity contribution < 1.29 is 24.2 Å². The predicted molar refractivity (Wildman–Crippen MR) is 124 cm³/mol. The van der Waals surface area contributed by atoms with Crippen molar-refractivity contribution >= 4 is 17.9 Å². The van der Waals surface area contributed by atoms with Crippen molar-refractivity contribution in [1.82, 2.24) is 15.5 Å². The Kier molecular flexibility index (Phi) is 10.2. The fourth-order valence-corrected chi connectivity index (χ4v) is 3.32. The quantitative estimate of drug-likeness (QED) is 0.485. The number of nitriles is 1. The number of nitrogens with one attached hydrogen (secondary N) is 2. The number of phenolic OH excluding ortho intramolecular Hbond substituents is 1.